The van der Waals surface area contributed by atoms with Crippen molar-refractivity contribution in [3.63, 3.8) is 0 Å². The molecule has 4 heteroatoms. The van der Waals surface area contributed by atoms with Gasteiger partial charge in [-0.05, 0) is 38.2 Å². The molecule has 1 fully saturated rings. The number of rotatable bonds is 4. The molecule has 0 amide bonds. The topological polar surface area (TPSA) is 47.0 Å². The van der Waals surface area contributed by atoms with Crippen LogP contribution in [-0.4, -0.2) is 29.7 Å². The first-order chi connectivity index (χ1) is 7.84. The van der Waals surface area contributed by atoms with Gasteiger partial charge in [-0.15, -0.1) is 0 Å². The summed E-state index contributed by atoms with van der Waals surface area (Å²) in [4.78, 5) is 8.48. The van der Waals surface area contributed by atoms with Crippen molar-refractivity contribution in [2.75, 3.05) is 25.1 Å². The van der Waals surface area contributed by atoms with Crippen molar-refractivity contribution in [2.24, 2.45) is 5.92 Å². The van der Waals surface area contributed by atoms with Gasteiger partial charge in [0.2, 0.25) is 5.95 Å². The van der Waals surface area contributed by atoms with Crippen molar-refractivity contribution in [1.82, 2.24) is 9.97 Å². The molecule has 0 atom stereocenters. The fourth-order valence-corrected chi connectivity index (χ4v) is 1.96. The Morgan fingerprint density at radius 1 is 1.44 bits per heavy atom. The van der Waals surface area contributed by atoms with Gasteiger partial charge in [0, 0.05) is 31.6 Å². The normalized spacial score (nSPS) is 17.3. The van der Waals surface area contributed by atoms with Gasteiger partial charge in [-0.3, -0.25) is 0 Å². The summed E-state index contributed by atoms with van der Waals surface area (Å²) in [6.45, 7) is 4.77. The van der Waals surface area contributed by atoms with Gasteiger partial charge in [-0.25, -0.2) is 9.97 Å². The van der Waals surface area contributed by atoms with Gasteiger partial charge >= 0.3 is 0 Å². The van der Waals surface area contributed by atoms with Crippen LogP contribution in [0.25, 0.3) is 0 Å². The molecule has 1 N–H and O–H groups in total. The Morgan fingerprint density at radius 3 is 3.00 bits per heavy atom. The van der Waals surface area contributed by atoms with Crippen LogP contribution in [0.1, 0.15) is 25.0 Å². The lowest BCUT2D eigenvalue weighted by Gasteiger charge is -2.21. The van der Waals surface area contributed by atoms with E-state index in [1.807, 2.05) is 13.0 Å². The third kappa shape index (κ3) is 3.45. The molecule has 0 saturated carbocycles. The second-order valence-corrected chi connectivity index (χ2v) is 4.29. The lowest BCUT2D eigenvalue weighted by molar-refractivity contribution is 0.0649. The zero-order valence-corrected chi connectivity index (χ0v) is 9.78. The van der Waals surface area contributed by atoms with Crippen LogP contribution in [0.2, 0.25) is 0 Å². The summed E-state index contributed by atoms with van der Waals surface area (Å²) in [5, 5.41) is 3.27. The highest BCUT2D eigenvalue weighted by Crippen LogP contribution is 2.18. The van der Waals surface area contributed by atoms with E-state index in [4.69, 9.17) is 4.74 Å². The Bertz CT molecular complexity index is 324. The van der Waals surface area contributed by atoms with Gasteiger partial charge in [0.15, 0.2) is 0 Å². The smallest absolute Gasteiger partial charge is 0.222 e. The van der Waals surface area contributed by atoms with Gasteiger partial charge in [0.05, 0.1) is 0 Å². The summed E-state index contributed by atoms with van der Waals surface area (Å²) in [6.07, 6.45) is 5.35. The van der Waals surface area contributed by atoms with E-state index in [1.54, 1.807) is 6.20 Å². The lowest BCUT2D eigenvalue weighted by Crippen LogP contribution is -2.18. The van der Waals surface area contributed by atoms with E-state index in [0.29, 0.717) is 0 Å². The molecule has 88 valence electrons. The van der Waals surface area contributed by atoms with Crippen molar-refractivity contribution < 1.29 is 4.74 Å². The Kier molecular flexibility index (Phi) is 4.10. The molecule has 16 heavy (non-hydrogen) atoms. The van der Waals surface area contributed by atoms with E-state index < -0.39 is 0 Å². The number of hydrogen-bond acceptors (Lipinski definition) is 4. The highest BCUT2D eigenvalue weighted by molar-refractivity contribution is 5.24. The quantitative estimate of drug-likeness (QED) is 0.845. The minimum Gasteiger partial charge on any atom is -0.381 e. The van der Waals surface area contributed by atoms with Crippen LogP contribution in [0.3, 0.4) is 0 Å². The molecule has 1 aliphatic heterocycles. The third-order valence-electron chi connectivity index (χ3n) is 2.97. The fraction of sp³-hybridized carbons (Fsp3) is 0.667. The predicted octanol–water partition coefficient (Wildman–Crippen LogP) is 2.01. The molecule has 1 aromatic heterocycles. The minimum absolute atomic E-state index is 0.743. The van der Waals surface area contributed by atoms with Crippen molar-refractivity contribution in [1.29, 1.82) is 0 Å². The zero-order chi connectivity index (χ0) is 11.2. The number of ether oxygens (including phenoxy) is 1. The van der Waals surface area contributed by atoms with Gasteiger partial charge in [0.1, 0.15) is 0 Å². The first-order valence-corrected chi connectivity index (χ1v) is 5.96. The third-order valence-corrected chi connectivity index (χ3v) is 2.97. The molecular weight excluding hydrogens is 202 g/mol. The Balaban J connectivity index is 1.71. The number of aromatic nitrogens is 2. The summed E-state index contributed by atoms with van der Waals surface area (Å²) in [7, 11) is 0. The van der Waals surface area contributed by atoms with Crippen molar-refractivity contribution in [3.05, 3.63) is 18.0 Å². The minimum atomic E-state index is 0.743. The molecule has 0 bridgehead atoms. The number of aryl methyl sites for hydroxylation is 1. The molecule has 0 aromatic carbocycles. The lowest BCUT2D eigenvalue weighted by atomic mass is 9.97. The molecule has 1 saturated heterocycles. The summed E-state index contributed by atoms with van der Waals surface area (Å²) in [5.74, 6) is 1.54. The zero-order valence-electron chi connectivity index (χ0n) is 9.78. The first kappa shape index (κ1) is 11.3. The SMILES string of the molecule is Cc1ccnc(NCCC2CCOCC2)n1. The molecule has 0 radical (unpaired) electrons. The van der Waals surface area contributed by atoms with Gasteiger partial charge in [-0.2, -0.15) is 0 Å². The van der Waals surface area contributed by atoms with Gasteiger partial charge < -0.3 is 10.1 Å². The molecule has 0 unspecified atom stereocenters. The summed E-state index contributed by atoms with van der Waals surface area (Å²) < 4.78 is 5.33. The largest absolute Gasteiger partial charge is 0.381 e. The van der Waals surface area contributed by atoms with E-state index in [2.05, 4.69) is 15.3 Å². The van der Waals surface area contributed by atoms with E-state index in [9.17, 15) is 0 Å². The van der Waals surface area contributed by atoms with Crippen molar-refractivity contribution in [2.45, 2.75) is 26.2 Å². The van der Waals surface area contributed by atoms with E-state index >= 15 is 0 Å². The monoisotopic (exact) mass is 221 g/mol. The number of nitrogens with one attached hydrogen (secondary N) is 1. The summed E-state index contributed by atoms with van der Waals surface area (Å²) >= 11 is 0. The second-order valence-electron chi connectivity index (χ2n) is 4.29. The first-order valence-electron chi connectivity index (χ1n) is 5.96. The van der Waals surface area contributed by atoms with Gasteiger partial charge in [0.25, 0.3) is 0 Å². The van der Waals surface area contributed by atoms with Crippen LogP contribution >= 0.6 is 0 Å². The molecule has 0 spiro atoms. The predicted molar refractivity (Wildman–Crippen MR) is 63.4 cm³/mol. The summed E-state index contributed by atoms with van der Waals surface area (Å²) in [5.41, 5.74) is 1.00. The maximum atomic E-state index is 5.33. The molecule has 1 aromatic rings. The van der Waals surface area contributed by atoms with E-state index in [-0.39, 0.29) is 0 Å². The van der Waals surface area contributed by atoms with E-state index in [1.165, 1.54) is 19.3 Å². The standard InChI is InChI=1S/C12H19N3O/c1-10-2-6-13-12(15-10)14-7-3-11-4-8-16-9-5-11/h2,6,11H,3-5,7-9H2,1H3,(H,13,14,15). The number of anilines is 1. The molecule has 0 aliphatic carbocycles. The Hall–Kier alpha value is -1.16. The van der Waals surface area contributed by atoms with Crippen LogP contribution in [0.5, 0.6) is 0 Å². The van der Waals surface area contributed by atoms with Crippen molar-refractivity contribution in [3.8, 4) is 0 Å². The van der Waals surface area contributed by atoms with E-state index in [0.717, 1.165) is 37.3 Å². The molecule has 1 aliphatic rings. The average Bonchev–Trinajstić information content (AvgIpc) is 2.30. The van der Waals surface area contributed by atoms with Crippen LogP contribution < -0.4 is 5.32 Å². The van der Waals surface area contributed by atoms with Crippen LogP contribution in [-0.2, 0) is 4.74 Å². The highest BCUT2D eigenvalue weighted by Gasteiger charge is 2.12. The summed E-state index contributed by atoms with van der Waals surface area (Å²) in [6, 6.07) is 1.91. The fourth-order valence-electron chi connectivity index (χ4n) is 1.96. The molecule has 2 heterocycles. The van der Waals surface area contributed by atoms with Crippen LogP contribution in [0.15, 0.2) is 12.3 Å². The van der Waals surface area contributed by atoms with Gasteiger partial charge in [-0.1, -0.05) is 0 Å². The molecule has 4 nitrogen and oxygen atoms in total. The number of nitrogens with zero attached hydrogens (tertiary/aromatic N) is 2. The van der Waals surface area contributed by atoms with Crippen LogP contribution in [0, 0.1) is 12.8 Å². The Morgan fingerprint density at radius 2 is 2.25 bits per heavy atom. The number of hydrogen-bond donors (Lipinski definition) is 1. The molecular formula is C12H19N3O. The van der Waals surface area contributed by atoms with Crippen molar-refractivity contribution >= 4 is 5.95 Å². The molecule has 2 rings (SSSR count). The average molecular weight is 221 g/mol. The maximum Gasteiger partial charge on any atom is 0.222 e. The Labute approximate surface area is 96.4 Å². The maximum absolute atomic E-state index is 5.33. The highest BCUT2D eigenvalue weighted by atomic mass is 16.5. The second kappa shape index (κ2) is 5.80. The van der Waals surface area contributed by atoms with Crippen LogP contribution in [0.4, 0.5) is 5.95 Å².